The molecule has 0 spiro atoms. The molecule has 2 aromatic carbocycles. The normalized spacial score (nSPS) is 10.3. The van der Waals surface area contributed by atoms with E-state index in [-0.39, 0.29) is 11.1 Å². The van der Waals surface area contributed by atoms with Gasteiger partial charge < -0.3 is 30.3 Å². The van der Waals surface area contributed by atoms with E-state index in [0.717, 1.165) is 0 Å². The quantitative estimate of drug-likeness (QED) is 0.331. The minimum Gasteiger partial charge on any atom is -0.504 e. The standard InChI is InChI=1S/C14H12O7/c1-21-7-3-2-6(5-15)8(4-7)9-10(16)12(18)14(20)13(19)11(9)17/h2-5,16-20H,1H3. The maximum atomic E-state index is 11.1. The van der Waals surface area contributed by atoms with E-state index in [1.165, 1.54) is 25.3 Å². The summed E-state index contributed by atoms with van der Waals surface area (Å²) in [7, 11) is 1.38. The summed E-state index contributed by atoms with van der Waals surface area (Å²) in [5.74, 6) is -4.52. The van der Waals surface area contributed by atoms with E-state index >= 15 is 0 Å². The fourth-order valence-electron chi connectivity index (χ4n) is 1.92. The van der Waals surface area contributed by atoms with Crippen LogP contribution in [0.2, 0.25) is 0 Å². The largest absolute Gasteiger partial charge is 0.504 e. The maximum absolute atomic E-state index is 11.1. The van der Waals surface area contributed by atoms with Crippen LogP contribution in [0.3, 0.4) is 0 Å². The highest BCUT2D eigenvalue weighted by Crippen LogP contribution is 2.55. The van der Waals surface area contributed by atoms with E-state index < -0.39 is 34.3 Å². The second kappa shape index (κ2) is 5.12. The van der Waals surface area contributed by atoms with Gasteiger partial charge in [0.1, 0.15) is 5.75 Å². The molecule has 0 bridgehead atoms. The third kappa shape index (κ3) is 2.14. The topological polar surface area (TPSA) is 127 Å². The van der Waals surface area contributed by atoms with Crippen molar-refractivity contribution in [3.8, 4) is 45.6 Å². The molecule has 2 rings (SSSR count). The van der Waals surface area contributed by atoms with Gasteiger partial charge in [0.05, 0.1) is 12.7 Å². The molecule has 0 radical (unpaired) electrons. The highest BCUT2D eigenvalue weighted by molar-refractivity contribution is 5.94. The highest BCUT2D eigenvalue weighted by Gasteiger charge is 2.25. The smallest absolute Gasteiger partial charge is 0.208 e. The second-order valence-corrected chi connectivity index (χ2v) is 4.19. The first kappa shape index (κ1) is 14.3. The van der Waals surface area contributed by atoms with Gasteiger partial charge in [-0.3, -0.25) is 4.79 Å². The Hall–Kier alpha value is -3.09. The molecule has 0 fully saturated rings. The Labute approximate surface area is 118 Å². The number of benzene rings is 2. The van der Waals surface area contributed by atoms with Crippen molar-refractivity contribution in [3.05, 3.63) is 23.8 Å². The minimum atomic E-state index is -1.07. The number of rotatable bonds is 3. The van der Waals surface area contributed by atoms with Crippen LogP contribution < -0.4 is 4.74 Å². The van der Waals surface area contributed by atoms with Crippen molar-refractivity contribution >= 4 is 6.29 Å². The molecule has 5 N–H and O–H groups in total. The van der Waals surface area contributed by atoms with Gasteiger partial charge in [-0.25, -0.2) is 0 Å². The number of aldehydes is 1. The molecule has 0 atom stereocenters. The van der Waals surface area contributed by atoms with Gasteiger partial charge in [0.2, 0.25) is 17.2 Å². The molecule has 0 amide bonds. The Bertz CT molecular complexity index is 693. The van der Waals surface area contributed by atoms with Gasteiger partial charge in [0.25, 0.3) is 0 Å². The molecular weight excluding hydrogens is 280 g/mol. The van der Waals surface area contributed by atoms with Crippen LogP contribution in [0.5, 0.6) is 34.5 Å². The van der Waals surface area contributed by atoms with Gasteiger partial charge in [-0.1, -0.05) is 0 Å². The average Bonchev–Trinajstić information content (AvgIpc) is 2.51. The zero-order chi connectivity index (χ0) is 15.7. The molecular formula is C14H12O7. The summed E-state index contributed by atoms with van der Waals surface area (Å²) < 4.78 is 4.99. The lowest BCUT2D eigenvalue weighted by Crippen LogP contribution is -1.92. The predicted molar refractivity (Wildman–Crippen MR) is 72.1 cm³/mol. The van der Waals surface area contributed by atoms with Crippen LogP contribution in [-0.4, -0.2) is 38.9 Å². The van der Waals surface area contributed by atoms with Crippen molar-refractivity contribution in [2.24, 2.45) is 0 Å². The van der Waals surface area contributed by atoms with Crippen LogP contribution in [0.25, 0.3) is 11.1 Å². The SMILES string of the molecule is COc1ccc(C=O)c(-c2c(O)c(O)c(O)c(O)c2O)c1. The highest BCUT2D eigenvalue weighted by atomic mass is 16.5. The number of phenolic OH excluding ortho intramolecular Hbond substituents is 5. The summed E-state index contributed by atoms with van der Waals surface area (Å²) in [5, 5.41) is 48.2. The van der Waals surface area contributed by atoms with Crippen LogP contribution in [0.15, 0.2) is 18.2 Å². The number of hydrogen-bond donors (Lipinski definition) is 5. The zero-order valence-corrected chi connectivity index (χ0v) is 10.9. The molecule has 0 aliphatic carbocycles. The van der Waals surface area contributed by atoms with Crippen LogP contribution in [0, 0.1) is 0 Å². The molecule has 0 aromatic heterocycles. The second-order valence-electron chi connectivity index (χ2n) is 4.19. The third-order valence-corrected chi connectivity index (χ3v) is 3.03. The van der Waals surface area contributed by atoms with Gasteiger partial charge in [-0.15, -0.1) is 0 Å². The van der Waals surface area contributed by atoms with Gasteiger partial charge in [-0.05, 0) is 18.2 Å². The van der Waals surface area contributed by atoms with Gasteiger partial charge in [-0.2, -0.15) is 0 Å². The molecule has 2 aromatic rings. The van der Waals surface area contributed by atoms with Crippen molar-refractivity contribution in [1.29, 1.82) is 0 Å². The molecule has 0 aliphatic rings. The summed E-state index contributed by atoms with van der Waals surface area (Å²) in [6, 6.07) is 4.19. The van der Waals surface area contributed by atoms with Crippen molar-refractivity contribution in [2.45, 2.75) is 0 Å². The lowest BCUT2D eigenvalue weighted by atomic mass is 9.97. The Morgan fingerprint density at radius 2 is 1.43 bits per heavy atom. The first-order chi connectivity index (χ1) is 9.92. The number of aromatic hydroxyl groups is 5. The summed E-state index contributed by atoms with van der Waals surface area (Å²) in [4.78, 5) is 11.1. The van der Waals surface area contributed by atoms with Gasteiger partial charge in [0, 0.05) is 11.1 Å². The Morgan fingerprint density at radius 3 is 1.90 bits per heavy atom. The predicted octanol–water partition coefficient (Wildman–Crippen LogP) is 1.70. The Kier molecular flexibility index (Phi) is 3.49. The molecule has 110 valence electrons. The van der Waals surface area contributed by atoms with Crippen LogP contribution in [0.4, 0.5) is 0 Å². The van der Waals surface area contributed by atoms with E-state index in [1.54, 1.807) is 0 Å². The molecule has 0 saturated heterocycles. The molecule has 0 aliphatic heterocycles. The van der Waals surface area contributed by atoms with E-state index in [9.17, 15) is 30.3 Å². The zero-order valence-electron chi connectivity index (χ0n) is 10.9. The van der Waals surface area contributed by atoms with Crippen molar-refractivity contribution in [3.63, 3.8) is 0 Å². The maximum Gasteiger partial charge on any atom is 0.208 e. The van der Waals surface area contributed by atoms with Crippen molar-refractivity contribution in [1.82, 2.24) is 0 Å². The number of hydrogen-bond acceptors (Lipinski definition) is 7. The number of phenols is 5. The van der Waals surface area contributed by atoms with E-state index in [4.69, 9.17) is 4.74 Å². The molecule has 0 unspecified atom stereocenters. The molecule has 0 saturated carbocycles. The Morgan fingerprint density at radius 1 is 0.905 bits per heavy atom. The van der Waals surface area contributed by atoms with Crippen LogP contribution >= 0.6 is 0 Å². The van der Waals surface area contributed by atoms with E-state index in [2.05, 4.69) is 0 Å². The summed E-state index contributed by atoms with van der Waals surface area (Å²) in [6.45, 7) is 0. The number of carbonyl (C=O) groups is 1. The number of carbonyl (C=O) groups excluding carboxylic acids is 1. The lowest BCUT2D eigenvalue weighted by molar-refractivity contribution is 0.112. The van der Waals surface area contributed by atoms with E-state index in [0.29, 0.717) is 12.0 Å². The van der Waals surface area contributed by atoms with Crippen LogP contribution in [-0.2, 0) is 0 Å². The fraction of sp³-hybridized carbons (Fsp3) is 0.0714. The van der Waals surface area contributed by atoms with Crippen molar-refractivity contribution in [2.75, 3.05) is 7.11 Å². The van der Waals surface area contributed by atoms with E-state index in [1.807, 2.05) is 0 Å². The first-order valence-electron chi connectivity index (χ1n) is 5.74. The summed E-state index contributed by atoms with van der Waals surface area (Å²) >= 11 is 0. The average molecular weight is 292 g/mol. The Balaban J connectivity index is 2.87. The molecule has 0 heterocycles. The van der Waals surface area contributed by atoms with Crippen molar-refractivity contribution < 1.29 is 35.1 Å². The van der Waals surface area contributed by atoms with Crippen LogP contribution in [0.1, 0.15) is 10.4 Å². The van der Waals surface area contributed by atoms with Gasteiger partial charge in [0.15, 0.2) is 17.8 Å². The molecule has 21 heavy (non-hydrogen) atoms. The molecule has 7 nitrogen and oxygen atoms in total. The number of methoxy groups -OCH3 is 1. The minimum absolute atomic E-state index is 0.0185. The third-order valence-electron chi connectivity index (χ3n) is 3.03. The monoisotopic (exact) mass is 292 g/mol. The lowest BCUT2D eigenvalue weighted by Gasteiger charge is -2.14. The van der Waals surface area contributed by atoms with Gasteiger partial charge >= 0.3 is 0 Å². The fourth-order valence-corrected chi connectivity index (χ4v) is 1.92. The summed E-state index contributed by atoms with van der Waals surface area (Å²) in [5.41, 5.74) is -0.306. The summed E-state index contributed by atoms with van der Waals surface area (Å²) in [6.07, 6.45) is 0.467. The molecule has 7 heteroatoms. The first-order valence-corrected chi connectivity index (χ1v) is 5.74. The number of ether oxygens (including phenoxy) is 1.